The van der Waals surface area contributed by atoms with E-state index in [2.05, 4.69) is 80.7 Å². The molecular weight excluding hydrogens is 691 g/mol. The van der Waals surface area contributed by atoms with Crippen molar-refractivity contribution in [1.29, 1.82) is 0 Å². The summed E-state index contributed by atoms with van der Waals surface area (Å²) in [4.78, 5) is 36.9. The zero-order valence-electron chi connectivity index (χ0n) is 35.1. The summed E-state index contributed by atoms with van der Waals surface area (Å²) in [6.45, 7) is 4.39. The fourth-order valence-electron chi connectivity index (χ4n) is 5.38. The summed E-state index contributed by atoms with van der Waals surface area (Å²) < 4.78 is 17.2. The number of ether oxygens (including phenoxy) is 3. The standard InChI is InChI=1S/C47H75NO7/c1-6-8-10-12-14-16-18-20-22-24-25-27-29-31-33-35-37-45(49)54-42-43(41-53-40-39-44(47(51)52)48(3,4)5)55-46(50)38-36-34-32-30-28-26-23-21-19-17-15-13-11-9-7-2/h8-11,13-17,19-23,25,27,43-44H,6-7,12,18,24,26,28-42H2,1-5H3/p+1/b10-8+,11-9+,15-13+,16-14+,19-17+,22-20+,23-21+,27-25+. The molecule has 0 amide bonds. The van der Waals surface area contributed by atoms with Gasteiger partial charge in [0.05, 0.1) is 34.4 Å². The van der Waals surface area contributed by atoms with E-state index in [1.54, 1.807) is 0 Å². The molecule has 8 nitrogen and oxygen atoms in total. The number of allylic oxidation sites excluding steroid dienone is 16. The smallest absolute Gasteiger partial charge is 0.362 e. The lowest BCUT2D eigenvalue weighted by Gasteiger charge is -2.31. The number of carboxylic acid groups (broad SMARTS) is 1. The Hall–Kier alpha value is -3.75. The molecule has 0 aromatic heterocycles. The number of hydrogen-bond acceptors (Lipinski definition) is 6. The van der Waals surface area contributed by atoms with Gasteiger partial charge in [0.2, 0.25) is 0 Å². The van der Waals surface area contributed by atoms with Crippen LogP contribution in [-0.2, 0) is 28.6 Å². The fourth-order valence-corrected chi connectivity index (χ4v) is 5.38. The van der Waals surface area contributed by atoms with Gasteiger partial charge in [0.25, 0.3) is 0 Å². The van der Waals surface area contributed by atoms with Crippen LogP contribution in [-0.4, -0.2) is 80.6 Å². The summed E-state index contributed by atoms with van der Waals surface area (Å²) in [6.07, 6.45) is 48.8. The molecule has 0 heterocycles. The summed E-state index contributed by atoms with van der Waals surface area (Å²) in [6, 6.07) is -0.630. The van der Waals surface area contributed by atoms with Gasteiger partial charge in [-0.25, -0.2) is 4.79 Å². The maximum absolute atomic E-state index is 12.7. The number of esters is 2. The summed E-state index contributed by atoms with van der Waals surface area (Å²) >= 11 is 0. The molecule has 0 radical (unpaired) electrons. The van der Waals surface area contributed by atoms with Crippen molar-refractivity contribution < 1.29 is 38.2 Å². The normalized spacial score (nSPS) is 14.0. The van der Waals surface area contributed by atoms with Crippen molar-refractivity contribution in [3.8, 4) is 0 Å². The number of nitrogens with zero attached hydrogens (tertiary/aromatic N) is 1. The lowest BCUT2D eigenvalue weighted by molar-refractivity contribution is -0.887. The number of carbonyl (C=O) groups is 3. The second-order valence-electron chi connectivity index (χ2n) is 14.6. The Morgan fingerprint density at radius 3 is 1.65 bits per heavy atom. The van der Waals surface area contributed by atoms with Crippen LogP contribution in [0.2, 0.25) is 0 Å². The van der Waals surface area contributed by atoms with Gasteiger partial charge in [0, 0.05) is 19.3 Å². The first-order chi connectivity index (χ1) is 26.6. The molecule has 0 spiro atoms. The first-order valence-corrected chi connectivity index (χ1v) is 20.8. The van der Waals surface area contributed by atoms with E-state index in [0.717, 1.165) is 96.3 Å². The third-order valence-corrected chi connectivity index (χ3v) is 8.57. The van der Waals surface area contributed by atoms with Crippen molar-refractivity contribution in [1.82, 2.24) is 0 Å². The zero-order chi connectivity index (χ0) is 40.7. The fraction of sp³-hybridized carbons (Fsp3) is 0.596. The average molecular weight is 767 g/mol. The van der Waals surface area contributed by atoms with Gasteiger partial charge in [-0.15, -0.1) is 0 Å². The van der Waals surface area contributed by atoms with Crippen LogP contribution in [0.25, 0.3) is 0 Å². The molecule has 2 atom stereocenters. The second-order valence-corrected chi connectivity index (χ2v) is 14.6. The minimum Gasteiger partial charge on any atom is -0.477 e. The summed E-state index contributed by atoms with van der Waals surface area (Å²) in [5.74, 6) is -1.56. The van der Waals surface area contributed by atoms with Crippen LogP contribution in [0.3, 0.4) is 0 Å². The molecule has 2 unspecified atom stereocenters. The van der Waals surface area contributed by atoms with Crippen LogP contribution in [0.15, 0.2) is 97.2 Å². The first-order valence-electron chi connectivity index (χ1n) is 20.8. The molecule has 0 rings (SSSR count). The molecule has 310 valence electrons. The van der Waals surface area contributed by atoms with Crippen molar-refractivity contribution in [2.24, 2.45) is 0 Å². The van der Waals surface area contributed by atoms with Gasteiger partial charge in [0.1, 0.15) is 6.61 Å². The van der Waals surface area contributed by atoms with E-state index in [4.69, 9.17) is 14.2 Å². The van der Waals surface area contributed by atoms with Gasteiger partial charge in [-0.2, -0.15) is 0 Å². The average Bonchev–Trinajstić information content (AvgIpc) is 3.14. The molecule has 0 aliphatic carbocycles. The molecule has 0 fully saturated rings. The molecule has 0 bridgehead atoms. The minimum absolute atomic E-state index is 0.0340. The summed E-state index contributed by atoms with van der Waals surface area (Å²) in [7, 11) is 5.49. The van der Waals surface area contributed by atoms with E-state index < -0.39 is 18.1 Å². The van der Waals surface area contributed by atoms with E-state index in [1.165, 1.54) is 0 Å². The van der Waals surface area contributed by atoms with Crippen LogP contribution >= 0.6 is 0 Å². The van der Waals surface area contributed by atoms with Crippen molar-refractivity contribution in [3.63, 3.8) is 0 Å². The third-order valence-electron chi connectivity index (χ3n) is 8.57. The Morgan fingerprint density at radius 1 is 0.564 bits per heavy atom. The van der Waals surface area contributed by atoms with Crippen LogP contribution in [0.1, 0.15) is 129 Å². The number of likely N-dealkylation sites (N-methyl/N-ethyl adjacent to an activating group) is 1. The van der Waals surface area contributed by atoms with Crippen LogP contribution in [0.4, 0.5) is 0 Å². The van der Waals surface area contributed by atoms with Gasteiger partial charge in [-0.3, -0.25) is 9.59 Å². The quantitative estimate of drug-likeness (QED) is 0.0225. The summed E-state index contributed by atoms with van der Waals surface area (Å²) in [5, 5.41) is 9.61. The second kappa shape index (κ2) is 37.2. The molecular formula is C47H76NO7+. The number of aliphatic carboxylic acids is 1. The number of carboxylic acids is 1. The number of hydrogen-bond donors (Lipinski definition) is 1. The SMILES string of the molecule is CC/C=C/C=C/C=C/C=C/CCCCCCCC(=O)OC(COCCC(C(=O)O)[N+](C)(C)C)COC(=O)CCCCC/C=C/C/C=C/C/C=C/C/C=C/CC. The Labute approximate surface area is 335 Å². The number of rotatable bonds is 35. The van der Waals surface area contributed by atoms with Crippen LogP contribution in [0, 0.1) is 0 Å². The van der Waals surface area contributed by atoms with E-state index in [1.807, 2.05) is 51.5 Å². The molecule has 0 aromatic rings. The lowest BCUT2D eigenvalue weighted by atomic mass is 10.1. The summed E-state index contributed by atoms with van der Waals surface area (Å²) in [5.41, 5.74) is 0. The number of carbonyl (C=O) groups excluding carboxylic acids is 2. The highest BCUT2D eigenvalue weighted by molar-refractivity contribution is 5.72. The van der Waals surface area contributed by atoms with Crippen LogP contribution < -0.4 is 0 Å². The topological polar surface area (TPSA) is 99.1 Å². The lowest BCUT2D eigenvalue weighted by Crippen LogP contribution is -2.50. The Morgan fingerprint density at radius 2 is 1.05 bits per heavy atom. The van der Waals surface area contributed by atoms with Crippen molar-refractivity contribution in [2.45, 2.75) is 142 Å². The monoisotopic (exact) mass is 767 g/mol. The van der Waals surface area contributed by atoms with Gasteiger partial charge in [-0.05, 0) is 70.6 Å². The largest absolute Gasteiger partial charge is 0.477 e. The van der Waals surface area contributed by atoms with Gasteiger partial charge in [-0.1, -0.05) is 137 Å². The minimum atomic E-state index is -0.890. The Bertz CT molecular complexity index is 1220. The maximum Gasteiger partial charge on any atom is 0.362 e. The highest BCUT2D eigenvalue weighted by Crippen LogP contribution is 2.12. The zero-order valence-corrected chi connectivity index (χ0v) is 35.1. The molecule has 55 heavy (non-hydrogen) atoms. The van der Waals surface area contributed by atoms with Crippen molar-refractivity contribution >= 4 is 17.9 Å². The molecule has 8 heteroatoms. The molecule has 0 aromatic carbocycles. The van der Waals surface area contributed by atoms with Crippen LogP contribution in [0.5, 0.6) is 0 Å². The molecule has 0 saturated heterocycles. The third kappa shape index (κ3) is 35.7. The molecule has 0 aliphatic rings. The number of unbranched alkanes of at least 4 members (excludes halogenated alkanes) is 8. The first kappa shape index (κ1) is 51.2. The number of quaternary nitrogens is 1. The van der Waals surface area contributed by atoms with Gasteiger partial charge < -0.3 is 23.8 Å². The van der Waals surface area contributed by atoms with Gasteiger partial charge in [0.15, 0.2) is 12.1 Å². The Balaban J connectivity index is 4.50. The molecule has 0 saturated carbocycles. The molecule has 0 aliphatic heterocycles. The predicted molar refractivity (Wildman–Crippen MR) is 229 cm³/mol. The highest BCUT2D eigenvalue weighted by atomic mass is 16.6. The van der Waals surface area contributed by atoms with Crippen molar-refractivity contribution in [3.05, 3.63) is 97.2 Å². The van der Waals surface area contributed by atoms with E-state index in [-0.39, 0.29) is 42.7 Å². The maximum atomic E-state index is 12.7. The van der Waals surface area contributed by atoms with E-state index in [0.29, 0.717) is 12.8 Å². The predicted octanol–water partition coefficient (Wildman–Crippen LogP) is 11.1. The van der Waals surface area contributed by atoms with E-state index in [9.17, 15) is 19.5 Å². The van der Waals surface area contributed by atoms with Gasteiger partial charge >= 0.3 is 17.9 Å². The highest BCUT2D eigenvalue weighted by Gasteiger charge is 2.31. The van der Waals surface area contributed by atoms with Crippen molar-refractivity contribution in [2.75, 3.05) is 41.0 Å². The Kier molecular flexibility index (Phi) is 34.7. The van der Waals surface area contributed by atoms with E-state index >= 15 is 0 Å². The molecule has 1 N–H and O–H groups in total.